The Morgan fingerprint density at radius 3 is 2.36 bits per heavy atom. The van der Waals surface area contributed by atoms with Crippen molar-refractivity contribution in [2.45, 2.75) is 31.7 Å². The minimum Gasteiger partial charge on any atom is -0.341 e. The van der Waals surface area contributed by atoms with Crippen molar-refractivity contribution < 1.29 is 9.59 Å². The lowest BCUT2D eigenvalue weighted by Gasteiger charge is -2.37. The third-order valence-corrected chi connectivity index (χ3v) is 5.92. The van der Waals surface area contributed by atoms with E-state index in [0.29, 0.717) is 19.6 Å². The number of carbonyl (C=O) groups excluding carboxylic acids is 2. The number of fused-ring (bicyclic) bond motifs is 1. The number of rotatable bonds is 2. The normalized spacial score (nSPS) is 20.7. The van der Waals surface area contributed by atoms with Crippen molar-refractivity contribution >= 4 is 35.0 Å². The quantitative estimate of drug-likeness (QED) is 0.840. The van der Waals surface area contributed by atoms with Crippen LogP contribution >= 0.6 is 12.4 Å². The fourth-order valence-electron chi connectivity index (χ4n) is 4.38. The zero-order valence-electron chi connectivity index (χ0n) is 16.0. The predicted molar refractivity (Wildman–Crippen MR) is 114 cm³/mol. The molecule has 0 aliphatic carbocycles. The van der Waals surface area contributed by atoms with Gasteiger partial charge in [-0.3, -0.25) is 9.59 Å². The molecule has 4 rings (SSSR count). The Hall–Kier alpha value is -2.11. The average molecular weight is 402 g/mol. The van der Waals surface area contributed by atoms with E-state index in [1.165, 1.54) is 0 Å². The van der Waals surface area contributed by atoms with Crippen molar-refractivity contribution in [2.24, 2.45) is 11.7 Å². The summed E-state index contributed by atoms with van der Waals surface area (Å²) in [5, 5.41) is 2.07. The van der Waals surface area contributed by atoms with Crippen LogP contribution in [0.5, 0.6) is 0 Å². The summed E-state index contributed by atoms with van der Waals surface area (Å²) >= 11 is 0. The molecule has 2 aromatic rings. The highest BCUT2D eigenvalue weighted by Crippen LogP contribution is 2.25. The summed E-state index contributed by atoms with van der Waals surface area (Å²) in [7, 11) is 0. The molecule has 2 fully saturated rings. The number of amides is 2. The summed E-state index contributed by atoms with van der Waals surface area (Å²) in [5.41, 5.74) is 6.77. The lowest BCUT2D eigenvalue weighted by molar-refractivity contribution is -0.138. The first kappa shape index (κ1) is 20.6. The Balaban J connectivity index is 0.00000225. The molecule has 0 aromatic heterocycles. The van der Waals surface area contributed by atoms with Gasteiger partial charge in [-0.1, -0.05) is 36.4 Å². The van der Waals surface area contributed by atoms with Gasteiger partial charge in [-0.2, -0.15) is 0 Å². The molecule has 1 unspecified atom stereocenters. The van der Waals surface area contributed by atoms with Gasteiger partial charge in [-0.05, 0) is 42.5 Å². The van der Waals surface area contributed by atoms with Gasteiger partial charge in [0.1, 0.15) is 0 Å². The Morgan fingerprint density at radius 2 is 1.61 bits per heavy atom. The smallest absolute Gasteiger partial charge is 0.254 e. The van der Waals surface area contributed by atoms with Crippen molar-refractivity contribution in [3.63, 3.8) is 0 Å². The summed E-state index contributed by atoms with van der Waals surface area (Å²) in [6, 6.07) is 13.9. The highest BCUT2D eigenvalue weighted by molar-refractivity contribution is 6.07. The van der Waals surface area contributed by atoms with Crippen LogP contribution < -0.4 is 5.73 Å². The molecule has 0 radical (unpaired) electrons. The first-order chi connectivity index (χ1) is 13.1. The maximum absolute atomic E-state index is 13.0. The lowest BCUT2D eigenvalue weighted by Crippen LogP contribution is -2.50. The molecular weight excluding hydrogens is 374 g/mol. The van der Waals surface area contributed by atoms with Gasteiger partial charge in [-0.25, -0.2) is 0 Å². The maximum atomic E-state index is 13.0. The first-order valence-corrected chi connectivity index (χ1v) is 9.95. The SMILES string of the molecule is Cl.NC1CCCN(C(=O)C2CCN(C(=O)c3cccc4ccccc34)CC2)C1. The van der Waals surface area contributed by atoms with Gasteiger partial charge in [0.05, 0.1) is 0 Å². The molecule has 2 amide bonds. The Kier molecular flexibility index (Phi) is 6.57. The van der Waals surface area contributed by atoms with Crippen LogP contribution in [0.2, 0.25) is 0 Å². The third kappa shape index (κ3) is 4.15. The van der Waals surface area contributed by atoms with E-state index < -0.39 is 0 Å². The molecule has 2 N–H and O–H groups in total. The molecular formula is C22H28ClN3O2. The van der Waals surface area contributed by atoms with E-state index >= 15 is 0 Å². The first-order valence-electron chi connectivity index (χ1n) is 9.95. The van der Waals surface area contributed by atoms with Crippen molar-refractivity contribution in [2.75, 3.05) is 26.2 Å². The van der Waals surface area contributed by atoms with E-state index in [-0.39, 0.29) is 36.2 Å². The average Bonchev–Trinajstić information content (AvgIpc) is 2.72. The van der Waals surface area contributed by atoms with Crippen LogP contribution in [0.25, 0.3) is 10.8 Å². The monoisotopic (exact) mass is 401 g/mol. The molecule has 2 aliphatic heterocycles. The van der Waals surface area contributed by atoms with E-state index in [1.54, 1.807) is 0 Å². The van der Waals surface area contributed by atoms with Gasteiger partial charge >= 0.3 is 0 Å². The van der Waals surface area contributed by atoms with E-state index in [0.717, 1.165) is 48.6 Å². The topological polar surface area (TPSA) is 66.6 Å². The Bertz CT molecular complexity index is 843. The van der Waals surface area contributed by atoms with Crippen LogP contribution in [0.1, 0.15) is 36.0 Å². The number of carbonyl (C=O) groups is 2. The molecule has 5 nitrogen and oxygen atoms in total. The van der Waals surface area contributed by atoms with Gasteiger partial charge in [-0.15, -0.1) is 12.4 Å². The highest BCUT2D eigenvalue weighted by atomic mass is 35.5. The molecule has 2 heterocycles. The minimum atomic E-state index is 0. The summed E-state index contributed by atoms with van der Waals surface area (Å²) in [4.78, 5) is 29.7. The Labute approximate surface area is 172 Å². The molecule has 0 bridgehead atoms. The fourth-order valence-corrected chi connectivity index (χ4v) is 4.38. The summed E-state index contributed by atoms with van der Waals surface area (Å²) in [6.45, 7) is 2.77. The second-order valence-corrected chi connectivity index (χ2v) is 7.78. The van der Waals surface area contributed by atoms with Crippen LogP contribution in [0.15, 0.2) is 42.5 Å². The molecule has 2 saturated heterocycles. The second-order valence-electron chi connectivity index (χ2n) is 7.78. The van der Waals surface area contributed by atoms with Crippen LogP contribution in [0.3, 0.4) is 0 Å². The van der Waals surface area contributed by atoms with E-state index in [2.05, 4.69) is 0 Å². The third-order valence-electron chi connectivity index (χ3n) is 5.92. The molecule has 2 aromatic carbocycles. The van der Waals surface area contributed by atoms with Crippen LogP contribution in [0.4, 0.5) is 0 Å². The van der Waals surface area contributed by atoms with E-state index in [9.17, 15) is 9.59 Å². The zero-order valence-corrected chi connectivity index (χ0v) is 16.9. The van der Waals surface area contributed by atoms with E-state index in [4.69, 9.17) is 5.73 Å². The van der Waals surface area contributed by atoms with Gasteiger partial charge < -0.3 is 15.5 Å². The maximum Gasteiger partial charge on any atom is 0.254 e. The van der Waals surface area contributed by atoms with Gasteiger partial charge in [0.25, 0.3) is 5.91 Å². The number of halogens is 1. The number of hydrogen-bond donors (Lipinski definition) is 1. The van der Waals surface area contributed by atoms with Crippen molar-refractivity contribution in [1.82, 2.24) is 9.80 Å². The minimum absolute atomic E-state index is 0. The number of hydrogen-bond acceptors (Lipinski definition) is 3. The number of benzene rings is 2. The van der Waals surface area contributed by atoms with Gasteiger partial charge in [0.15, 0.2) is 0 Å². The molecule has 0 saturated carbocycles. The molecule has 6 heteroatoms. The lowest BCUT2D eigenvalue weighted by atomic mass is 9.93. The van der Waals surface area contributed by atoms with Crippen LogP contribution in [-0.4, -0.2) is 53.8 Å². The summed E-state index contributed by atoms with van der Waals surface area (Å²) in [5.74, 6) is 0.312. The van der Waals surface area contributed by atoms with Crippen LogP contribution in [-0.2, 0) is 4.79 Å². The fraction of sp³-hybridized carbons (Fsp3) is 0.455. The van der Waals surface area contributed by atoms with Crippen molar-refractivity contribution in [3.05, 3.63) is 48.0 Å². The standard InChI is InChI=1S/C22H27N3O2.ClH/c23-18-7-4-12-25(15-18)21(26)17-10-13-24(14-11-17)22(27)20-9-3-6-16-5-1-2-8-19(16)20;/h1-3,5-6,8-9,17-18H,4,7,10-15,23H2;1H. The largest absolute Gasteiger partial charge is 0.341 e. The molecule has 2 aliphatic rings. The number of nitrogens with two attached hydrogens (primary N) is 1. The highest BCUT2D eigenvalue weighted by Gasteiger charge is 2.32. The second kappa shape index (κ2) is 8.93. The van der Waals surface area contributed by atoms with Crippen LogP contribution in [0, 0.1) is 5.92 Å². The Morgan fingerprint density at radius 1 is 0.893 bits per heavy atom. The van der Waals surface area contributed by atoms with Gasteiger partial charge in [0, 0.05) is 43.7 Å². The van der Waals surface area contributed by atoms with Crippen molar-refractivity contribution in [1.29, 1.82) is 0 Å². The number of likely N-dealkylation sites (tertiary alicyclic amines) is 2. The van der Waals surface area contributed by atoms with Crippen molar-refractivity contribution in [3.8, 4) is 0 Å². The summed E-state index contributed by atoms with van der Waals surface area (Å²) in [6.07, 6.45) is 3.47. The number of nitrogens with zero attached hydrogens (tertiary/aromatic N) is 2. The molecule has 150 valence electrons. The molecule has 0 spiro atoms. The zero-order chi connectivity index (χ0) is 18.8. The molecule has 28 heavy (non-hydrogen) atoms. The predicted octanol–water partition coefficient (Wildman–Crippen LogP) is 3.06. The van der Waals surface area contributed by atoms with E-state index in [1.807, 2.05) is 52.3 Å². The van der Waals surface area contributed by atoms with Gasteiger partial charge in [0.2, 0.25) is 5.91 Å². The summed E-state index contributed by atoms with van der Waals surface area (Å²) < 4.78 is 0. The number of piperidine rings is 2. The molecule has 1 atom stereocenters.